The van der Waals surface area contributed by atoms with Gasteiger partial charge in [-0.2, -0.15) is 0 Å². The summed E-state index contributed by atoms with van der Waals surface area (Å²) in [5.74, 6) is -2.13. The van der Waals surface area contributed by atoms with Gasteiger partial charge in [0.25, 0.3) is 0 Å². The van der Waals surface area contributed by atoms with Crippen molar-refractivity contribution in [2.75, 3.05) is 18.0 Å². The minimum absolute atomic E-state index is 0. The van der Waals surface area contributed by atoms with Crippen molar-refractivity contribution in [3.05, 3.63) is 45.4 Å². The second-order valence-corrected chi connectivity index (χ2v) is 6.79. The van der Waals surface area contributed by atoms with Gasteiger partial charge in [0, 0.05) is 30.9 Å². The minimum atomic E-state index is -1.41. The van der Waals surface area contributed by atoms with Gasteiger partial charge in [0.2, 0.25) is 5.43 Å². The van der Waals surface area contributed by atoms with Crippen LogP contribution in [0.3, 0.4) is 0 Å². The summed E-state index contributed by atoms with van der Waals surface area (Å²) in [7, 11) is 0. The van der Waals surface area contributed by atoms with E-state index in [1.165, 1.54) is 22.1 Å². The summed E-state index contributed by atoms with van der Waals surface area (Å²) in [6, 6.07) is 1.00. The van der Waals surface area contributed by atoms with Crippen molar-refractivity contribution in [2.24, 2.45) is 0 Å². The van der Waals surface area contributed by atoms with Crippen LogP contribution in [0.15, 0.2) is 28.6 Å². The number of pyridine rings is 2. The highest BCUT2D eigenvalue weighted by Gasteiger charge is 2.26. The van der Waals surface area contributed by atoms with E-state index in [9.17, 15) is 24.2 Å². The van der Waals surface area contributed by atoms with E-state index in [0.717, 1.165) is 12.3 Å². The Morgan fingerprint density at radius 2 is 2.19 bits per heavy atom. The lowest BCUT2D eigenvalue weighted by Gasteiger charge is -2.18. The maximum Gasteiger partial charge on any atom is 0.341 e. The Balaban J connectivity index is 0.00000210. The predicted octanol–water partition coefficient (Wildman–Crippen LogP) is 1.67. The first kappa shape index (κ1) is 19.2. The summed E-state index contributed by atoms with van der Waals surface area (Å²) in [6.45, 7) is 0.676. The quantitative estimate of drug-likeness (QED) is 0.673. The van der Waals surface area contributed by atoms with Crippen molar-refractivity contribution in [3.8, 4) is 5.13 Å². The summed E-state index contributed by atoms with van der Waals surface area (Å²) >= 11 is 1.23. The summed E-state index contributed by atoms with van der Waals surface area (Å²) in [5, 5.41) is 20.9. The molecule has 11 heteroatoms. The Hall–Kier alpha value is -2.56. The molecule has 1 saturated heterocycles. The average Bonchev–Trinajstić information content (AvgIpc) is 3.26. The zero-order chi connectivity index (χ0) is 18.4. The number of fused-ring (bicyclic) bond motifs is 1. The van der Waals surface area contributed by atoms with Crippen LogP contribution in [0.2, 0.25) is 0 Å². The van der Waals surface area contributed by atoms with E-state index in [1.54, 1.807) is 10.3 Å². The number of hydrogen-bond acceptors (Lipinski definition) is 7. The van der Waals surface area contributed by atoms with Crippen LogP contribution in [-0.4, -0.2) is 49.9 Å². The molecule has 1 atom stereocenters. The molecule has 142 valence electrons. The van der Waals surface area contributed by atoms with Gasteiger partial charge in [-0.1, -0.05) is 0 Å². The molecule has 0 aromatic carbocycles. The highest BCUT2D eigenvalue weighted by molar-refractivity contribution is 7.12. The van der Waals surface area contributed by atoms with E-state index in [2.05, 4.69) is 9.97 Å². The van der Waals surface area contributed by atoms with Gasteiger partial charge < -0.3 is 15.1 Å². The number of nitrogens with zero attached hydrogens (tertiary/aromatic N) is 4. The van der Waals surface area contributed by atoms with Gasteiger partial charge in [-0.25, -0.2) is 19.2 Å². The van der Waals surface area contributed by atoms with Gasteiger partial charge in [0.15, 0.2) is 22.4 Å². The number of carboxylic acids is 1. The Bertz CT molecular complexity index is 1070. The zero-order valence-electron chi connectivity index (χ0n) is 13.7. The topological polar surface area (TPSA) is 109 Å². The molecule has 3 aromatic heterocycles. The van der Waals surface area contributed by atoms with Crippen molar-refractivity contribution in [1.29, 1.82) is 0 Å². The SMILES string of the molecule is Cl.O=C(O)c1cn(-c2nccs2)c2nc(N3CC[C@H](O)C3)c(F)cc2c1=O. The molecule has 0 amide bonds. The molecule has 0 spiro atoms. The van der Waals surface area contributed by atoms with E-state index >= 15 is 0 Å². The van der Waals surface area contributed by atoms with Crippen LogP contribution < -0.4 is 10.3 Å². The number of β-amino-alcohol motifs (C(OH)–C–C–N with tert-alkyl or cyclic N) is 1. The lowest BCUT2D eigenvalue weighted by Crippen LogP contribution is -2.25. The summed E-state index contributed by atoms with van der Waals surface area (Å²) in [6.07, 6.45) is 2.61. The Morgan fingerprint density at radius 3 is 2.78 bits per heavy atom. The standard InChI is InChI=1S/C16H13FN4O4S.ClH/c17-11-5-9-12(23)10(15(24)25)7-21(16-18-2-4-26-16)13(9)19-14(11)20-3-1-8(22)6-20;/h2,4-5,7-8,22H,1,3,6H2,(H,24,25);1H/t8-;/m0./s1. The maximum atomic E-state index is 14.6. The van der Waals surface area contributed by atoms with Crippen molar-refractivity contribution in [3.63, 3.8) is 0 Å². The molecule has 2 N–H and O–H groups in total. The smallest absolute Gasteiger partial charge is 0.341 e. The van der Waals surface area contributed by atoms with E-state index < -0.39 is 28.9 Å². The number of halogens is 2. The van der Waals surface area contributed by atoms with Gasteiger partial charge in [0.1, 0.15) is 5.56 Å². The fourth-order valence-corrected chi connectivity index (χ4v) is 3.62. The zero-order valence-corrected chi connectivity index (χ0v) is 15.3. The molecule has 1 fully saturated rings. The molecule has 0 aliphatic carbocycles. The Morgan fingerprint density at radius 1 is 1.41 bits per heavy atom. The van der Waals surface area contributed by atoms with E-state index in [4.69, 9.17) is 0 Å². The number of thiazole rings is 1. The van der Waals surface area contributed by atoms with Crippen molar-refractivity contribution >= 4 is 46.6 Å². The average molecular weight is 413 g/mol. The number of aromatic nitrogens is 3. The Labute approximate surface area is 161 Å². The highest BCUT2D eigenvalue weighted by Crippen LogP contribution is 2.26. The minimum Gasteiger partial charge on any atom is -0.477 e. The normalized spacial score (nSPS) is 16.5. The van der Waals surface area contributed by atoms with Crippen LogP contribution in [0.5, 0.6) is 0 Å². The van der Waals surface area contributed by atoms with Crippen molar-refractivity contribution in [2.45, 2.75) is 12.5 Å². The molecule has 0 bridgehead atoms. The fraction of sp³-hybridized carbons (Fsp3) is 0.250. The molecule has 0 saturated carbocycles. The molecule has 4 rings (SSSR count). The molecule has 3 aromatic rings. The second kappa shape index (κ2) is 7.22. The summed E-state index contributed by atoms with van der Waals surface area (Å²) in [4.78, 5) is 33.9. The first-order valence-electron chi connectivity index (χ1n) is 7.78. The number of anilines is 1. The van der Waals surface area contributed by atoms with Crippen molar-refractivity contribution < 1.29 is 19.4 Å². The van der Waals surface area contributed by atoms with Crippen LogP contribution in [0, 0.1) is 5.82 Å². The largest absolute Gasteiger partial charge is 0.477 e. The fourth-order valence-electron chi connectivity index (χ4n) is 3.00. The molecule has 0 radical (unpaired) electrons. The Kier molecular flexibility index (Phi) is 5.13. The van der Waals surface area contributed by atoms with E-state index in [0.29, 0.717) is 18.1 Å². The summed E-state index contributed by atoms with van der Waals surface area (Å²) in [5.41, 5.74) is -1.18. The number of carboxylic acid groups (broad SMARTS) is 1. The first-order chi connectivity index (χ1) is 12.5. The van der Waals surface area contributed by atoms with E-state index in [-0.39, 0.29) is 35.8 Å². The van der Waals surface area contributed by atoms with Gasteiger partial charge in [-0.15, -0.1) is 23.7 Å². The van der Waals surface area contributed by atoms with Crippen LogP contribution in [-0.2, 0) is 0 Å². The molecular formula is C16H14ClFN4O4S. The third kappa shape index (κ3) is 3.27. The number of hydrogen-bond donors (Lipinski definition) is 2. The first-order valence-corrected chi connectivity index (χ1v) is 8.65. The number of aliphatic hydroxyl groups is 1. The molecule has 27 heavy (non-hydrogen) atoms. The molecule has 0 unspecified atom stereocenters. The van der Waals surface area contributed by atoms with E-state index in [1.807, 2.05) is 0 Å². The predicted molar refractivity (Wildman–Crippen MR) is 100 cm³/mol. The van der Waals surface area contributed by atoms with Crippen molar-refractivity contribution in [1.82, 2.24) is 14.5 Å². The molecular weight excluding hydrogens is 399 g/mol. The number of aromatic carboxylic acids is 1. The molecule has 4 heterocycles. The second-order valence-electron chi connectivity index (χ2n) is 5.92. The van der Waals surface area contributed by atoms with Gasteiger partial charge in [-0.05, 0) is 12.5 Å². The van der Waals surface area contributed by atoms with Crippen LogP contribution in [0.25, 0.3) is 16.2 Å². The lowest BCUT2D eigenvalue weighted by molar-refractivity contribution is 0.0695. The monoisotopic (exact) mass is 412 g/mol. The number of rotatable bonds is 3. The molecule has 1 aliphatic rings. The van der Waals surface area contributed by atoms with Crippen LogP contribution >= 0.6 is 23.7 Å². The summed E-state index contributed by atoms with van der Waals surface area (Å²) < 4.78 is 16.0. The molecule has 8 nitrogen and oxygen atoms in total. The molecule has 1 aliphatic heterocycles. The van der Waals surface area contributed by atoms with Crippen LogP contribution in [0.4, 0.5) is 10.2 Å². The third-order valence-electron chi connectivity index (χ3n) is 4.23. The lowest BCUT2D eigenvalue weighted by atomic mass is 10.2. The third-order valence-corrected chi connectivity index (χ3v) is 5.00. The van der Waals surface area contributed by atoms with Crippen LogP contribution in [0.1, 0.15) is 16.8 Å². The number of carbonyl (C=O) groups is 1. The number of aliphatic hydroxyl groups excluding tert-OH is 1. The highest BCUT2D eigenvalue weighted by atomic mass is 35.5. The van der Waals surface area contributed by atoms with Gasteiger partial charge >= 0.3 is 5.97 Å². The van der Waals surface area contributed by atoms with Gasteiger partial charge in [-0.3, -0.25) is 9.36 Å². The maximum absolute atomic E-state index is 14.6. The van der Waals surface area contributed by atoms with Gasteiger partial charge in [0.05, 0.1) is 11.5 Å².